The zero-order valence-electron chi connectivity index (χ0n) is 14.0. The monoisotopic (exact) mass is 422 g/mol. The Morgan fingerprint density at radius 2 is 2.08 bits per heavy atom. The maximum absolute atomic E-state index is 12.7. The van der Waals surface area contributed by atoms with Crippen LogP contribution in [0.25, 0.3) is 0 Å². The predicted octanol–water partition coefficient (Wildman–Crippen LogP) is 4.75. The second-order valence-corrected chi connectivity index (χ2v) is 7.52. The highest BCUT2D eigenvalue weighted by atomic mass is 79.9. The van der Waals surface area contributed by atoms with Crippen LogP contribution in [0, 0.1) is 0 Å². The Kier molecular flexibility index (Phi) is 5.75. The average molecular weight is 423 g/mol. The van der Waals surface area contributed by atoms with Crippen LogP contribution in [0.4, 0.5) is 10.5 Å². The highest BCUT2D eigenvalue weighted by Gasteiger charge is 2.31. The number of benzene rings is 2. The SMILES string of the molecule is COc1cccc(NC(=O)N2CCS[C@@H]2c2ccc(OC)c(Br)c2)c1. The summed E-state index contributed by atoms with van der Waals surface area (Å²) in [5.74, 6) is 2.39. The maximum atomic E-state index is 12.7. The van der Waals surface area contributed by atoms with Crippen molar-refractivity contribution in [2.24, 2.45) is 0 Å². The number of hydrogen-bond acceptors (Lipinski definition) is 4. The van der Waals surface area contributed by atoms with Crippen molar-refractivity contribution in [2.45, 2.75) is 5.37 Å². The van der Waals surface area contributed by atoms with Crippen LogP contribution in [0.1, 0.15) is 10.9 Å². The first-order valence-electron chi connectivity index (χ1n) is 7.79. The van der Waals surface area contributed by atoms with Crippen molar-refractivity contribution < 1.29 is 14.3 Å². The van der Waals surface area contributed by atoms with Gasteiger partial charge in [0.15, 0.2) is 0 Å². The van der Waals surface area contributed by atoms with Gasteiger partial charge in [-0.25, -0.2) is 4.79 Å². The summed E-state index contributed by atoms with van der Waals surface area (Å²) in [6.07, 6.45) is 0. The Labute approximate surface area is 159 Å². The smallest absolute Gasteiger partial charge is 0.323 e. The van der Waals surface area contributed by atoms with Crippen LogP contribution in [0.15, 0.2) is 46.9 Å². The molecule has 2 amide bonds. The molecule has 7 heteroatoms. The van der Waals surface area contributed by atoms with Gasteiger partial charge < -0.3 is 19.7 Å². The van der Waals surface area contributed by atoms with Gasteiger partial charge in [0.2, 0.25) is 0 Å². The van der Waals surface area contributed by atoms with E-state index in [9.17, 15) is 4.79 Å². The summed E-state index contributed by atoms with van der Waals surface area (Å²) in [6.45, 7) is 0.703. The van der Waals surface area contributed by atoms with E-state index in [4.69, 9.17) is 9.47 Å². The number of methoxy groups -OCH3 is 2. The molecule has 0 bridgehead atoms. The molecule has 5 nitrogen and oxygen atoms in total. The normalized spacial score (nSPS) is 16.6. The van der Waals surface area contributed by atoms with E-state index < -0.39 is 0 Å². The number of anilines is 1. The molecule has 1 aliphatic heterocycles. The van der Waals surface area contributed by atoms with E-state index in [1.54, 1.807) is 32.0 Å². The number of carbonyl (C=O) groups excluding carboxylic acids is 1. The number of rotatable bonds is 4. The van der Waals surface area contributed by atoms with Crippen molar-refractivity contribution in [3.63, 3.8) is 0 Å². The molecule has 1 heterocycles. The fourth-order valence-corrected chi connectivity index (χ4v) is 4.49. The molecule has 25 heavy (non-hydrogen) atoms. The molecular formula is C18H19BrN2O3S. The van der Waals surface area contributed by atoms with Gasteiger partial charge in [-0.05, 0) is 45.8 Å². The minimum Gasteiger partial charge on any atom is -0.497 e. The van der Waals surface area contributed by atoms with E-state index in [-0.39, 0.29) is 11.4 Å². The minimum atomic E-state index is -0.116. The van der Waals surface area contributed by atoms with Crippen LogP contribution < -0.4 is 14.8 Å². The van der Waals surface area contributed by atoms with Crippen molar-refractivity contribution in [1.82, 2.24) is 4.90 Å². The first-order valence-corrected chi connectivity index (χ1v) is 9.63. The van der Waals surface area contributed by atoms with Crippen LogP contribution in [0.2, 0.25) is 0 Å². The zero-order chi connectivity index (χ0) is 17.8. The van der Waals surface area contributed by atoms with Crippen molar-refractivity contribution in [2.75, 3.05) is 31.8 Å². The number of hydrogen-bond donors (Lipinski definition) is 1. The number of ether oxygens (including phenoxy) is 2. The Morgan fingerprint density at radius 1 is 1.24 bits per heavy atom. The average Bonchev–Trinajstić information content (AvgIpc) is 3.11. The van der Waals surface area contributed by atoms with E-state index in [0.717, 1.165) is 27.2 Å². The first-order chi connectivity index (χ1) is 12.1. The largest absolute Gasteiger partial charge is 0.497 e. The molecule has 2 aromatic carbocycles. The number of urea groups is 1. The molecular weight excluding hydrogens is 404 g/mol. The number of thioether (sulfide) groups is 1. The molecule has 0 aliphatic carbocycles. The Morgan fingerprint density at radius 3 is 2.80 bits per heavy atom. The van der Waals surface area contributed by atoms with Crippen molar-refractivity contribution in [3.05, 3.63) is 52.5 Å². The third-order valence-corrected chi connectivity index (χ3v) is 5.81. The lowest BCUT2D eigenvalue weighted by molar-refractivity contribution is 0.214. The molecule has 0 unspecified atom stereocenters. The Bertz CT molecular complexity index is 772. The van der Waals surface area contributed by atoms with E-state index in [1.807, 2.05) is 41.3 Å². The summed E-state index contributed by atoms with van der Waals surface area (Å²) in [4.78, 5) is 14.6. The molecule has 3 rings (SSSR count). The molecule has 0 aromatic heterocycles. The van der Waals surface area contributed by atoms with Crippen LogP contribution in [-0.4, -0.2) is 37.4 Å². The predicted molar refractivity (Wildman–Crippen MR) is 105 cm³/mol. The van der Waals surface area contributed by atoms with Crippen LogP contribution in [0.5, 0.6) is 11.5 Å². The van der Waals surface area contributed by atoms with Crippen molar-refractivity contribution >= 4 is 39.4 Å². The molecule has 2 aromatic rings. The third kappa shape index (κ3) is 4.04. The van der Waals surface area contributed by atoms with Gasteiger partial charge in [0.05, 0.1) is 18.7 Å². The number of nitrogens with zero attached hydrogens (tertiary/aromatic N) is 1. The highest BCUT2D eigenvalue weighted by molar-refractivity contribution is 9.10. The fourth-order valence-electron chi connectivity index (χ4n) is 2.69. The van der Waals surface area contributed by atoms with Crippen molar-refractivity contribution in [1.29, 1.82) is 0 Å². The van der Waals surface area contributed by atoms with Gasteiger partial charge in [0.1, 0.15) is 16.9 Å². The lowest BCUT2D eigenvalue weighted by Gasteiger charge is -2.25. The van der Waals surface area contributed by atoms with E-state index in [1.165, 1.54) is 0 Å². The Hall–Kier alpha value is -1.86. The fraction of sp³-hybridized carbons (Fsp3) is 0.278. The summed E-state index contributed by atoms with van der Waals surface area (Å²) in [7, 11) is 3.24. The number of carbonyl (C=O) groups is 1. The Balaban J connectivity index is 1.76. The van der Waals surface area contributed by atoms with Crippen LogP contribution in [0.3, 0.4) is 0 Å². The second kappa shape index (κ2) is 8.01. The van der Waals surface area contributed by atoms with E-state index in [2.05, 4.69) is 21.2 Å². The quantitative estimate of drug-likeness (QED) is 0.772. The lowest BCUT2D eigenvalue weighted by atomic mass is 10.2. The van der Waals surface area contributed by atoms with Crippen LogP contribution in [-0.2, 0) is 0 Å². The molecule has 1 N–H and O–H groups in total. The molecule has 1 saturated heterocycles. The third-order valence-electron chi connectivity index (χ3n) is 3.93. The van der Waals surface area contributed by atoms with Crippen molar-refractivity contribution in [3.8, 4) is 11.5 Å². The highest BCUT2D eigenvalue weighted by Crippen LogP contribution is 2.40. The summed E-state index contributed by atoms with van der Waals surface area (Å²) >= 11 is 5.26. The summed E-state index contributed by atoms with van der Waals surface area (Å²) in [5.41, 5.74) is 1.78. The lowest BCUT2D eigenvalue weighted by Crippen LogP contribution is -2.34. The number of nitrogens with one attached hydrogen (secondary N) is 1. The van der Waals surface area contributed by atoms with Gasteiger partial charge in [-0.2, -0.15) is 0 Å². The topological polar surface area (TPSA) is 50.8 Å². The minimum absolute atomic E-state index is 0.0205. The van der Waals surface area contributed by atoms with E-state index in [0.29, 0.717) is 12.3 Å². The van der Waals surface area contributed by atoms with E-state index >= 15 is 0 Å². The van der Waals surface area contributed by atoms with Gasteiger partial charge in [-0.15, -0.1) is 11.8 Å². The molecule has 1 aliphatic rings. The van der Waals surface area contributed by atoms with Crippen LogP contribution >= 0.6 is 27.7 Å². The molecule has 1 atom stereocenters. The molecule has 1 fully saturated rings. The number of amides is 2. The molecule has 0 radical (unpaired) electrons. The number of halogens is 1. The summed E-state index contributed by atoms with van der Waals surface area (Å²) < 4.78 is 11.4. The molecule has 0 spiro atoms. The zero-order valence-corrected chi connectivity index (χ0v) is 16.4. The van der Waals surface area contributed by atoms with Gasteiger partial charge >= 0.3 is 6.03 Å². The van der Waals surface area contributed by atoms with Gasteiger partial charge in [0, 0.05) is 24.1 Å². The first kappa shape index (κ1) is 17.9. The standard InChI is InChI=1S/C18H19BrN2O3S/c1-23-14-5-3-4-13(11-14)20-18(22)21-8-9-25-17(21)12-6-7-16(24-2)15(19)10-12/h3-7,10-11,17H,8-9H2,1-2H3,(H,20,22)/t17-/m1/s1. The maximum Gasteiger partial charge on any atom is 0.323 e. The van der Waals surface area contributed by atoms with Gasteiger partial charge in [0.25, 0.3) is 0 Å². The van der Waals surface area contributed by atoms with Gasteiger partial charge in [-0.3, -0.25) is 0 Å². The van der Waals surface area contributed by atoms with Gasteiger partial charge in [-0.1, -0.05) is 12.1 Å². The second-order valence-electron chi connectivity index (χ2n) is 5.47. The molecule has 132 valence electrons. The molecule has 0 saturated carbocycles. The summed E-state index contributed by atoms with van der Waals surface area (Å²) in [5, 5.41) is 2.93. The summed E-state index contributed by atoms with van der Waals surface area (Å²) in [6, 6.07) is 13.2.